The van der Waals surface area contributed by atoms with Crippen LogP contribution in [0.4, 0.5) is 5.69 Å². The molecule has 20 heavy (non-hydrogen) atoms. The van der Waals surface area contributed by atoms with Crippen molar-refractivity contribution in [3.05, 3.63) is 45.1 Å². The number of nitro groups is 1. The van der Waals surface area contributed by atoms with Gasteiger partial charge in [0.25, 0.3) is 5.69 Å². The maximum absolute atomic E-state index is 10.8. The highest BCUT2D eigenvalue weighted by atomic mass is 16.6. The molecule has 0 bridgehead atoms. The van der Waals surface area contributed by atoms with E-state index < -0.39 is 4.92 Å². The number of rotatable bonds is 4. The molecule has 0 aliphatic rings. The van der Waals surface area contributed by atoms with E-state index in [1.807, 2.05) is 13.8 Å². The SMILES string of the molecule is Cc1ccc([N+](=O)[O-])cc1Oc1c(CN)c(C)nn1C. The first kappa shape index (κ1) is 14.0. The van der Waals surface area contributed by atoms with Crippen LogP contribution in [0.2, 0.25) is 0 Å². The Balaban J connectivity index is 2.44. The monoisotopic (exact) mass is 276 g/mol. The third kappa shape index (κ3) is 2.48. The van der Waals surface area contributed by atoms with Crippen molar-refractivity contribution in [1.82, 2.24) is 9.78 Å². The summed E-state index contributed by atoms with van der Waals surface area (Å²) in [7, 11) is 1.74. The topological polar surface area (TPSA) is 96.2 Å². The van der Waals surface area contributed by atoms with Crippen LogP contribution in [-0.4, -0.2) is 14.7 Å². The van der Waals surface area contributed by atoms with Crippen molar-refractivity contribution >= 4 is 5.69 Å². The van der Waals surface area contributed by atoms with Gasteiger partial charge in [-0.25, -0.2) is 4.68 Å². The Bertz CT molecular complexity index is 664. The van der Waals surface area contributed by atoms with Crippen molar-refractivity contribution in [2.24, 2.45) is 12.8 Å². The van der Waals surface area contributed by atoms with Gasteiger partial charge in [-0.2, -0.15) is 5.10 Å². The van der Waals surface area contributed by atoms with Crippen LogP contribution in [0.1, 0.15) is 16.8 Å². The Morgan fingerprint density at radius 1 is 1.45 bits per heavy atom. The van der Waals surface area contributed by atoms with Gasteiger partial charge in [0.15, 0.2) is 0 Å². The summed E-state index contributed by atoms with van der Waals surface area (Å²) < 4.78 is 7.37. The first-order valence-corrected chi connectivity index (χ1v) is 6.09. The van der Waals surface area contributed by atoms with Gasteiger partial charge in [0, 0.05) is 19.7 Å². The molecule has 0 fully saturated rings. The van der Waals surface area contributed by atoms with Gasteiger partial charge in [-0.05, 0) is 25.5 Å². The van der Waals surface area contributed by atoms with Crippen LogP contribution >= 0.6 is 0 Å². The Kier molecular flexibility index (Phi) is 3.71. The lowest BCUT2D eigenvalue weighted by Gasteiger charge is -2.10. The van der Waals surface area contributed by atoms with Crippen molar-refractivity contribution in [1.29, 1.82) is 0 Å². The molecule has 0 saturated carbocycles. The number of aromatic nitrogens is 2. The highest BCUT2D eigenvalue weighted by Gasteiger charge is 2.17. The lowest BCUT2D eigenvalue weighted by Crippen LogP contribution is -2.02. The Morgan fingerprint density at radius 2 is 2.15 bits per heavy atom. The van der Waals surface area contributed by atoms with E-state index in [-0.39, 0.29) is 5.69 Å². The highest BCUT2D eigenvalue weighted by Crippen LogP contribution is 2.31. The summed E-state index contributed by atoms with van der Waals surface area (Å²) in [4.78, 5) is 10.4. The number of nitro benzene ring substituents is 1. The molecule has 0 aliphatic heterocycles. The third-order valence-electron chi connectivity index (χ3n) is 3.08. The summed E-state index contributed by atoms with van der Waals surface area (Å²) in [5.74, 6) is 0.936. The number of non-ortho nitro benzene ring substituents is 1. The van der Waals surface area contributed by atoms with Crippen LogP contribution < -0.4 is 10.5 Å². The molecule has 0 atom stereocenters. The average molecular weight is 276 g/mol. The van der Waals surface area contributed by atoms with Gasteiger partial charge in [-0.3, -0.25) is 10.1 Å². The molecular formula is C13H16N4O3. The van der Waals surface area contributed by atoms with Crippen LogP contribution in [0.3, 0.4) is 0 Å². The molecule has 0 aliphatic carbocycles. The fraction of sp³-hybridized carbons (Fsp3) is 0.308. The van der Waals surface area contributed by atoms with Gasteiger partial charge >= 0.3 is 0 Å². The molecule has 7 nitrogen and oxygen atoms in total. The zero-order valence-corrected chi connectivity index (χ0v) is 11.6. The number of benzene rings is 1. The molecule has 0 spiro atoms. The highest BCUT2D eigenvalue weighted by molar-refractivity contribution is 5.46. The van der Waals surface area contributed by atoms with Gasteiger partial charge in [0.05, 0.1) is 22.2 Å². The van der Waals surface area contributed by atoms with Crippen molar-refractivity contribution in [3.8, 4) is 11.6 Å². The summed E-state index contributed by atoms with van der Waals surface area (Å²) in [6.07, 6.45) is 0. The first-order chi connectivity index (χ1) is 9.43. The van der Waals surface area contributed by atoms with Crippen LogP contribution in [0.25, 0.3) is 0 Å². The van der Waals surface area contributed by atoms with Gasteiger partial charge in [0.2, 0.25) is 5.88 Å². The Hall–Kier alpha value is -2.41. The summed E-state index contributed by atoms with van der Waals surface area (Å²) in [5.41, 5.74) is 8.06. The van der Waals surface area contributed by atoms with E-state index in [0.717, 1.165) is 16.8 Å². The van der Waals surface area contributed by atoms with E-state index in [2.05, 4.69) is 5.10 Å². The van der Waals surface area contributed by atoms with Crippen LogP contribution in [-0.2, 0) is 13.6 Å². The normalized spacial score (nSPS) is 10.6. The van der Waals surface area contributed by atoms with E-state index in [9.17, 15) is 10.1 Å². The van der Waals surface area contributed by atoms with Gasteiger partial charge < -0.3 is 10.5 Å². The maximum Gasteiger partial charge on any atom is 0.273 e. The fourth-order valence-electron chi connectivity index (χ4n) is 1.96. The molecule has 7 heteroatoms. The zero-order chi connectivity index (χ0) is 14.9. The number of hydrogen-bond donors (Lipinski definition) is 1. The minimum Gasteiger partial charge on any atom is -0.438 e. The second kappa shape index (κ2) is 5.30. The average Bonchev–Trinajstić information content (AvgIpc) is 2.66. The molecule has 0 radical (unpaired) electrons. The Morgan fingerprint density at radius 3 is 2.75 bits per heavy atom. The summed E-state index contributed by atoms with van der Waals surface area (Å²) in [5, 5.41) is 15.1. The number of aryl methyl sites for hydroxylation is 3. The minimum absolute atomic E-state index is 0.0150. The number of nitrogens with two attached hydrogens (primary N) is 1. The fourth-order valence-corrected chi connectivity index (χ4v) is 1.96. The molecule has 2 N–H and O–H groups in total. The maximum atomic E-state index is 10.8. The zero-order valence-electron chi connectivity index (χ0n) is 11.6. The van der Waals surface area contributed by atoms with E-state index in [4.69, 9.17) is 10.5 Å². The molecule has 1 aromatic carbocycles. The minimum atomic E-state index is -0.454. The number of nitrogens with zero attached hydrogens (tertiary/aromatic N) is 3. The lowest BCUT2D eigenvalue weighted by molar-refractivity contribution is -0.384. The lowest BCUT2D eigenvalue weighted by atomic mass is 10.2. The number of hydrogen-bond acceptors (Lipinski definition) is 5. The molecule has 1 heterocycles. The Labute approximate surface area is 116 Å². The molecule has 1 aromatic heterocycles. The van der Waals surface area contributed by atoms with Crippen LogP contribution in [0, 0.1) is 24.0 Å². The first-order valence-electron chi connectivity index (χ1n) is 6.09. The molecule has 2 rings (SSSR count). The molecule has 106 valence electrons. The van der Waals surface area contributed by atoms with Gasteiger partial charge in [0.1, 0.15) is 5.75 Å². The van der Waals surface area contributed by atoms with Crippen molar-refractivity contribution in [2.45, 2.75) is 20.4 Å². The van der Waals surface area contributed by atoms with E-state index in [0.29, 0.717) is 18.2 Å². The van der Waals surface area contributed by atoms with Crippen molar-refractivity contribution < 1.29 is 9.66 Å². The quantitative estimate of drug-likeness (QED) is 0.682. The molecule has 0 saturated heterocycles. The summed E-state index contributed by atoms with van der Waals surface area (Å²) >= 11 is 0. The summed E-state index contributed by atoms with van der Waals surface area (Å²) in [6.45, 7) is 3.96. The predicted octanol–water partition coefficient (Wildman–Crippen LogP) is 2.20. The van der Waals surface area contributed by atoms with Gasteiger partial charge in [-0.1, -0.05) is 0 Å². The van der Waals surface area contributed by atoms with Crippen LogP contribution in [0.5, 0.6) is 11.6 Å². The van der Waals surface area contributed by atoms with E-state index in [1.54, 1.807) is 17.8 Å². The predicted molar refractivity (Wildman–Crippen MR) is 73.7 cm³/mol. The summed E-state index contributed by atoms with van der Waals surface area (Å²) in [6, 6.07) is 4.50. The smallest absolute Gasteiger partial charge is 0.273 e. The molecule has 0 unspecified atom stereocenters. The second-order valence-electron chi connectivity index (χ2n) is 4.51. The number of ether oxygens (including phenoxy) is 1. The standard InChI is InChI=1S/C13H16N4O3/c1-8-4-5-10(17(18)19)6-12(8)20-13-11(7-14)9(2)15-16(13)3/h4-6H,7,14H2,1-3H3. The largest absolute Gasteiger partial charge is 0.438 e. The van der Waals surface area contributed by atoms with E-state index >= 15 is 0 Å². The molecule has 0 amide bonds. The van der Waals surface area contributed by atoms with E-state index in [1.165, 1.54) is 12.1 Å². The third-order valence-corrected chi connectivity index (χ3v) is 3.08. The van der Waals surface area contributed by atoms with Crippen LogP contribution in [0.15, 0.2) is 18.2 Å². The van der Waals surface area contributed by atoms with Crippen molar-refractivity contribution in [3.63, 3.8) is 0 Å². The second-order valence-corrected chi connectivity index (χ2v) is 4.51. The molecular weight excluding hydrogens is 260 g/mol. The molecule has 2 aromatic rings. The van der Waals surface area contributed by atoms with Crippen molar-refractivity contribution in [2.75, 3.05) is 0 Å². The van der Waals surface area contributed by atoms with Gasteiger partial charge in [-0.15, -0.1) is 0 Å².